The van der Waals surface area contributed by atoms with Crippen LogP contribution < -0.4 is 11.1 Å². The van der Waals surface area contributed by atoms with Gasteiger partial charge in [0.1, 0.15) is 5.71 Å². The lowest BCUT2D eigenvalue weighted by molar-refractivity contribution is 0.0976. The number of amides is 1. The minimum atomic E-state index is -0.355. The van der Waals surface area contributed by atoms with Crippen molar-refractivity contribution >= 4 is 17.6 Å². The van der Waals surface area contributed by atoms with Crippen LogP contribution in [0, 0.1) is 0 Å². The second-order valence-corrected chi connectivity index (χ2v) is 4.19. The van der Waals surface area contributed by atoms with E-state index in [1.807, 2.05) is 0 Å². The highest BCUT2D eigenvalue weighted by atomic mass is 16.4. The van der Waals surface area contributed by atoms with Crippen molar-refractivity contribution in [3.05, 3.63) is 29.1 Å². The van der Waals surface area contributed by atoms with Gasteiger partial charge in [-0.15, -0.1) is 0 Å². The summed E-state index contributed by atoms with van der Waals surface area (Å²) in [5.74, 6) is -0.299. The van der Waals surface area contributed by atoms with Gasteiger partial charge in [-0.2, -0.15) is 0 Å². The molecule has 1 aliphatic carbocycles. The predicted molar refractivity (Wildman–Crippen MR) is 70.5 cm³/mol. The van der Waals surface area contributed by atoms with Crippen LogP contribution in [-0.2, 0) is 6.42 Å². The number of oxime groups is 1. The average molecular weight is 261 g/mol. The Morgan fingerprint density at radius 1 is 1.53 bits per heavy atom. The maximum absolute atomic E-state index is 11.9. The molecular formula is C12H15N5O2. The molecule has 0 unspecified atom stereocenters. The molecule has 0 aliphatic heterocycles. The molecule has 0 fully saturated rings. The van der Waals surface area contributed by atoms with Crippen LogP contribution in [0.5, 0.6) is 0 Å². The summed E-state index contributed by atoms with van der Waals surface area (Å²) in [6, 6.07) is 1.74. The van der Waals surface area contributed by atoms with E-state index in [-0.39, 0.29) is 11.9 Å². The third-order valence-corrected chi connectivity index (χ3v) is 2.97. The van der Waals surface area contributed by atoms with E-state index in [1.54, 1.807) is 6.07 Å². The first-order chi connectivity index (χ1) is 9.15. The number of aliphatic imine (C=N–C) groups is 1. The number of hydrogen-bond acceptors (Lipinski definition) is 5. The van der Waals surface area contributed by atoms with Crippen molar-refractivity contribution < 1.29 is 10.0 Å². The van der Waals surface area contributed by atoms with Crippen molar-refractivity contribution in [1.29, 1.82) is 0 Å². The van der Waals surface area contributed by atoms with Gasteiger partial charge in [-0.25, -0.2) is 0 Å². The van der Waals surface area contributed by atoms with E-state index in [2.05, 4.69) is 20.4 Å². The zero-order valence-corrected chi connectivity index (χ0v) is 10.6. The number of aryl methyl sites for hydroxylation is 1. The lowest BCUT2D eigenvalue weighted by Gasteiger charge is -2.16. The van der Waals surface area contributed by atoms with Crippen LogP contribution in [0.25, 0.3) is 0 Å². The molecule has 0 saturated heterocycles. The summed E-state index contributed by atoms with van der Waals surface area (Å²) in [6.07, 6.45) is 3.81. The van der Waals surface area contributed by atoms with Gasteiger partial charge in [0.15, 0.2) is 5.96 Å². The highest BCUT2D eigenvalue weighted by molar-refractivity contribution is 6.06. The molecule has 1 amide bonds. The van der Waals surface area contributed by atoms with Gasteiger partial charge in [-0.3, -0.25) is 20.1 Å². The molecular weight excluding hydrogens is 246 g/mol. The van der Waals surface area contributed by atoms with Crippen molar-refractivity contribution in [3.63, 3.8) is 0 Å². The molecule has 0 spiro atoms. The lowest BCUT2D eigenvalue weighted by Crippen LogP contribution is -2.36. The third kappa shape index (κ3) is 2.70. The zero-order valence-electron chi connectivity index (χ0n) is 10.6. The van der Waals surface area contributed by atoms with Crippen LogP contribution in [0.15, 0.2) is 22.4 Å². The Balaban J connectivity index is 2.29. The van der Waals surface area contributed by atoms with Crippen LogP contribution in [0.4, 0.5) is 0 Å². The number of carbonyl (C=O) groups excluding carboxylic acids is 1. The normalized spacial score (nSPS) is 17.1. The number of pyridine rings is 1. The van der Waals surface area contributed by atoms with Crippen LogP contribution >= 0.6 is 0 Å². The molecule has 1 aromatic heterocycles. The molecule has 19 heavy (non-hydrogen) atoms. The summed E-state index contributed by atoms with van der Waals surface area (Å²) < 4.78 is 0. The van der Waals surface area contributed by atoms with Crippen molar-refractivity contribution in [2.45, 2.75) is 19.3 Å². The number of hydrogen-bond donors (Lipinski definition) is 3. The largest absolute Gasteiger partial charge is 0.411 e. The molecule has 1 aliphatic rings. The molecule has 0 atom stereocenters. The number of aromatic nitrogens is 1. The number of guanidine groups is 1. The maximum Gasteiger partial charge on any atom is 0.259 e. The van der Waals surface area contributed by atoms with Gasteiger partial charge in [0.05, 0.1) is 11.3 Å². The fourth-order valence-corrected chi connectivity index (χ4v) is 1.99. The Morgan fingerprint density at radius 2 is 2.32 bits per heavy atom. The molecule has 2 rings (SSSR count). The van der Waals surface area contributed by atoms with Crippen LogP contribution in [0.1, 0.15) is 34.5 Å². The molecule has 4 N–H and O–H groups in total. The van der Waals surface area contributed by atoms with E-state index in [9.17, 15) is 4.79 Å². The molecule has 100 valence electrons. The van der Waals surface area contributed by atoms with Gasteiger partial charge < -0.3 is 10.9 Å². The molecule has 0 radical (unpaired) electrons. The zero-order chi connectivity index (χ0) is 13.8. The highest BCUT2D eigenvalue weighted by Gasteiger charge is 2.19. The molecule has 1 aromatic rings. The second-order valence-electron chi connectivity index (χ2n) is 4.19. The Hall–Kier alpha value is -2.44. The number of carbonyl (C=O) groups is 1. The Kier molecular flexibility index (Phi) is 3.74. The van der Waals surface area contributed by atoms with E-state index in [4.69, 9.17) is 10.9 Å². The lowest BCUT2D eigenvalue weighted by atomic mass is 9.93. The SMILES string of the molecule is CN=C(N)NC(=O)c1cnc2c(c1)CCCC2=NO. The topological polar surface area (TPSA) is 113 Å². The molecule has 7 heteroatoms. The summed E-state index contributed by atoms with van der Waals surface area (Å²) in [7, 11) is 1.49. The fraction of sp³-hybridized carbons (Fsp3) is 0.333. The van der Waals surface area contributed by atoms with E-state index in [0.29, 0.717) is 23.4 Å². The van der Waals surface area contributed by atoms with E-state index >= 15 is 0 Å². The number of nitrogens with two attached hydrogens (primary N) is 1. The van der Waals surface area contributed by atoms with E-state index < -0.39 is 0 Å². The highest BCUT2D eigenvalue weighted by Crippen LogP contribution is 2.20. The van der Waals surface area contributed by atoms with Gasteiger partial charge in [-0.05, 0) is 30.9 Å². The monoisotopic (exact) mass is 261 g/mol. The smallest absolute Gasteiger partial charge is 0.259 e. The quantitative estimate of drug-likeness (QED) is 0.291. The summed E-state index contributed by atoms with van der Waals surface area (Å²) in [4.78, 5) is 19.7. The molecule has 7 nitrogen and oxygen atoms in total. The van der Waals surface area contributed by atoms with Crippen molar-refractivity contribution in [3.8, 4) is 0 Å². The maximum atomic E-state index is 11.9. The third-order valence-electron chi connectivity index (χ3n) is 2.97. The molecule has 0 bridgehead atoms. The van der Waals surface area contributed by atoms with Gasteiger partial charge in [0, 0.05) is 13.2 Å². The van der Waals surface area contributed by atoms with Gasteiger partial charge in [-0.1, -0.05) is 5.16 Å². The number of fused-ring (bicyclic) bond motifs is 1. The Morgan fingerprint density at radius 3 is 3.00 bits per heavy atom. The van der Waals surface area contributed by atoms with Crippen molar-refractivity contribution in [1.82, 2.24) is 10.3 Å². The first-order valence-electron chi connectivity index (χ1n) is 5.89. The predicted octanol–water partition coefficient (Wildman–Crippen LogP) is 0.271. The number of nitrogens with one attached hydrogen (secondary N) is 1. The number of nitrogens with zero attached hydrogens (tertiary/aromatic N) is 3. The van der Waals surface area contributed by atoms with Gasteiger partial charge in [0.2, 0.25) is 0 Å². The van der Waals surface area contributed by atoms with Crippen LogP contribution in [0.2, 0.25) is 0 Å². The van der Waals surface area contributed by atoms with Gasteiger partial charge in [0.25, 0.3) is 5.91 Å². The minimum Gasteiger partial charge on any atom is -0.411 e. The summed E-state index contributed by atoms with van der Waals surface area (Å²) in [5, 5.41) is 14.6. The van der Waals surface area contributed by atoms with Crippen LogP contribution in [0.3, 0.4) is 0 Å². The molecule has 0 aromatic carbocycles. The fourth-order valence-electron chi connectivity index (χ4n) is 1.99. The van der Waals surface area contributed by atoms with E-state index in [1.165, 1.54) is 13.2 Å². The summed E-state index contributed by atoms with van der Waals surface area (Å²) in [6.45, 7) is 0. The van der Waals surface area contributed by atoms with Gasteiger partial charge >= 0.3 is 0 Å². The summed E-state index contributed by atoms with van der Waals surface area (Å²) in [5.41, 5.74) is 7.96. The average Bonchev–Trinajstić information content (AvgIpc) is 2.45. The first-order valence-corrected chi connectivity index (χ1v) is 5.89. The van der Waals surface area contributed by atoms with Crippen molar-refractivity contribution in [2.75, 3.05) is 7.05 Å². The van der Waals surface area contributed by atoms with Crippen LogP contribution in [-0.4, -0.2) is 34.8 Å². The Bertz CT molecular complexity index is 565. The van der Waals surface area contributed by atoms with Crippen molar-refractivity contribution in [2.24, 2.45) is 15.9 Å². The minimum absolute atomic E-state index is 0.0559. The number of rotatable bonds is 1. The summed E-state index contributed by atoms with van der Waals surface area (Å²) >= 11 is 0. The molecule has 0 saturated carbocycles. The Labute approximate surface area is 110 Å². The van der Waals surface area contributed by atoms with E-state index in [0.717, 1.165) is 18.4 Å². The standard InChI is InChI=1S/C12H15N5O2/c1-14-12(13)16-11(18)8-5-7-3-2-4-9(17-19)10(7)15-6-8/h5-6,19H,2-4H2,1H3,(H3,13,14,16,18). The molecule has 1 heterocycles. The second kappa shape index (κ2) is 5.47. The first kappa shape index (κ1) is 13.0.